The van der Waals surface area contributed by atoms with Crippen molar-refractivity contribution >= 4 is 11.8 Å². The number of hydrogen-bond donors (Lipinski definition) is 0. The van der Waals surface area contributed by atoms with Gasteiger partial charge in [0.1, 0.15) is 0 Å². The largest absolute Gasteiger partial charge is 0.342 e. The summed E-state index contributed by atoms with van der Waals surface area (Å²) in [4.78, 5) is 27.2. The molecule has 5 nitrogen and oxygen atoms in total. The van der Waals surface area contributed by atoms with Crippen LogP contribution in [0.25, 0.3) is 0 Å². The van der Waals surface area contributed by atoms with Crippen LogP contribution in [0.5, 0.6) is 0 Å². The van der Waals surface area contributed by atoms with E-state index in [1.54, 1.807) is 24.1 Å². The molecule has 0 saturated heterocycles. The molecule has 1 aromatic rings. The number of nitriles is 1. The minimum Gasteiger partial charge on any atom is -0.342 e. The van der Waals surface area contributed by atoms with Crippen molar-refractivity contribution in [3.05, 3.63) is 35.4 Å². The SMILES string of the molecule is CCN(CC)C(=O)CN(C)C(=O)CCc1ccc(C#N)cc1. The van der Waals surface area contributed by atoms with Crippen LogP contribution in [0.3, 0.4) is 0 Å². The van der Waals surface area contributed by atoms with Crippen molar-refractivity contribution in [2.75, 3.05) is 26.7 Å². The first kappa shape index (κ1) is 17.7. The van der Waals surface area contributed by atoms with E-state index in [1.165, 1.54) is 4.90 Å². The maximum atomic E-state index is 12.1. The summed E-state index contributed by atoms with van der Waals surface area (Å²) in [5, 5.41) is 8.74. The van der Waals surface area contributed by atoms with E-state index in [2.05, 4.69) is 6.07 Å². The lowest BCUT2D eigenvalue weighted by Gasteiger charge is -2.23. The van der Waals surface area contributed by atoms with Crippen LogP contribution in [-0.4, -0.2) is 48.3 Å². The van der Waals surface area contributed by atoms with Gasteiger partial charge in [-0.1, -0.05) is 12.1 Å². The number of carbonyl (C=O) groups is 2. The molecule has 0 spiro atoms. The Morgan fingerprint density at radius 2 is 1.68 bits per heavy atom. The zero-order chi connectivity index (χ0) is 16.5. The molecule has 0 unspecified atom stereocenters. The smallest absolute Gasteiger partial charge is 0.242 e. The van der Waals surface area contributed by atoms with Gasteiger partial charge in [0.2, 0.25) is 11.8 Å². The van der Waals surface area contributed by atoms with E-state index in [9.17, 15) is 9.59 Å². The van der Waals surface area contributed by atoms with Crippen molar-refractivity contribution in [3.8, 4) is 6.07 Å². The number of rotatable bonds is 7. The second-order valence-electron chi connectivity index (χ2n) is 5.12. The highest BCUT2D eigenvalue weighted by molar-refractivity contribution is 5.84. The topological polar surface area (TPSA) is 64.4 Å². The molecule has 0 atom stereocenters. The fourth-order valence-electron chi connectivity index (χ4n) is 2.16. The zero-order valence-corrected chi connectivity index (χ0v) is 13.5. The first-order valence-corrected chi connectivity index (χ1v) is 7.52. The van der Waals surface area contributed by atoms with E-state index in [0.29, 0.717) is 31.5 Å². The van der Waals surface area contributed by atoms with E-state index in [0.717, 1.165) is 5.56 Å². The third-order valence-corrected chi connectivity index (χ3v) is 3.62. The molecule has 0 aromatic heterocycles. The minimum absolute atomic E-state index is 0.0285. The lowest BCUT2D eigenvalue weighted by Crippen LogP contribution is -2.41. The Balaban J connectivity index is 2.47. The second-order valence-corrected chi connectivity index (χ2v) is 5.12. The monoisotopic (exact) mass is 301 g/mol. The van der Waals surface area contributed by atoms with Gasteiger partial charge in [0.25, 0.3) is 0 Å². The molecule has 0 aliphatic rings. The molecule has 0 saturated carbocycles. The molecule has 0 heterocycles. The molecule has 5 heteroatoms. The predicted octanol–water partition coefficient (Wildman–Crippen LogP) is 1.82. The van der Waals surface area contributed by atoms with Gasteiger partial charge in [-0.25, -0.2) is 0 Å². The molecule has 0 bridgehead atoms. The predicted molar refractivity (Wildman–Crippen MR) is 85.0 cm³/mol. The van der Waals surface area contributed by atoms with Crippen molar-refractivity contribution in [2.24, 2.45) is 0 Å². The van der Waals surface area contributed by atoms with Gasteiger partial charge in [-0.15, -0.1) is 0 Å². The Labute approximate surface area is 132 Å². The molecule has 0 fully saturated rings. The average Bonchev–Trinajstić information content (AvgIpc) is 2.54. The maximum Gasteiger partial charge on any atom is 0.242 e. The molecule has 0 aliphatic carbocycles. The van der Waals surface area contributed by atoms with Gasteiger partial charge in [-0.3, -0.25) is 9.59 Å². The quantitative estimate of drug-likeness (QED) is 0.771. The first-order valence-electron chi connectivity index (χ1n) is 7.52. The standard InChI is InChI=1S/C17H23N3O2/c1-4-20(5-2)17(22)13-19(3)16(21)11-10-14-6-8-15(12-18)9-7-14/h6-9H,4-5,10-11,13H2,1-3H3. The lowest BCUT2D eigenvalue weighted by molar-refractivity contribution is -0.139. The van der Waals surface area contributed by atoms with Crippen LogP contribution < -0.4 is 0 Å². The third kappa shape index (κ3) is 5.21. The molecule has 0 radical (unpaired) electrons. The molecule has 118 valence electrons. The number of amides is 2. The van der Waals surface area contributed by atoms with Gasteiger partial charge in [0.15, 0.2) is 0 Å². The summed E-state index contributed by atoms with van der Waals surface area (Å²) in [5.41, 5.74) is 1.62. The fourth-order valence-corrected chi connectivity index (χ4v) is 2.16. The maximum absolute atomic E-state index is 12.1. The third-order valence-electron chi connectivity index (χ3n) is 3.62. The van der Waals surface area contributed by atoms with E-state index >= 15 is 0 Å². The summed E-state index contributed by atoms with van der Waals surface area (Å²) in [6.07, 6.45) is 0.961. The van der Waals surface area contributed by atoms with Crippen LogP contribution in [0.1, 0.15) is 31.4 Å². The Bertz CT molecular complexity index is 542. The zero-order valence-electron chi connectivity index (χ0n) is 13.5. The van der Waals surface area contributed by atoms with E-state index in [1.807, 2.05) is 26.0 Å². The molecular weight excluding hydrogens is 278 g/mol. The Morgan fingerprint density at radius 1 is 1.09 bits per heavy atom. The Hall–Kier alpha value is -2.35. The van der Waals surface area contributed by atoms with Crippen LogP contribution in [0.15, 0.2) is 24.3 Å². The van der Waals surface area contributed by atoms with E-state index < -0.39 is 0 Å². The summed E-state index contributed by atoms with van der Waals surface area (Å²) >= 11 is 0. The molecule has 22 heavy (non-hydrogen) atoms. The normalized spacial score (nSPS) is 9.91. The van der Waals surface area contributed by atoms with Gasteiger partial charge in [-0.05, 0) is 38.0 Å². The highest BCUT2D eigenvalue weighted by Gasteiger charge is 2.16. The number of hydrogen-bond acceptors (Lipinski definition) is 3. The Morgan fingerprint density at radius 3 is 2.18 bits per heavy atom. The molecular formula is C17H23N3O2. The Kier molecular flexibility index (Phi) is 7.11. The summed E-state index contributed by atoms with van der Waals surface area (Å²) in [5.74, 6) is -0.0795. The van der Waals surface area contributed by atoms with Gasteiger partial charge in [0.05, 0.1) is 18.2 Å². The van der Waals surface area contributed by atoms with Crippen molar-refractivity contribution in [1.82, 2.24) is 9.80 Å². The van der Waals surface area contributed by atoms with Crippen molar-refractivity contribution in [1.29, 1.82) is 5.26 Å². The van der Waals surface area contributed by atoms with Gasteiger partial charge in [-0.2, -0.15) is 5.26 Å². The number of carbonyl (C=O) groups excluding carboxylic acids is 2. The van der Waals surface area contributed by atoms with Crippen LogP contribution in [0, 0.1) is 11.3 Å². The van der Waals surface area contributed by atoms with Gasteiger partial charge < -0.3 is 9.80 Å². The molecule has 1 rings (SSSR count). The number of nitrogens with zero attached hydrogens (tertiary/aromatic N) is 3. The fraction of sp³-hybridized carbons (Fsp3) is 0.471. The van der Waals surface area contributed by atoms with E-state index in [-0.39, 0.29) is 18.4 Å². The minimum atomic E-state index is -0.0511. The van der Waals surface area contributed by atoms with Crippen molar-refractivity contribution in [3.63, 3.8) is 0 Å². The van der Waals surface area contributed by atoms with Crippen LogP contribution >= 0.6 is 0 Å². The van der Waals surface area contributed by atoms with Crippen LogP contribution in [-0.2, 0) is 16.0 Å². The van der Waals surface area contributed by atoms with Gasteiger partial charge in [0, 0.05) is 26.6 Å². The molecule has 0 N–H and O–H groups in total. The molecule has 2 amide bonds. The second kappa shape index (κ2) is 8.83. The summed E-state index contributed by atoms with van der Waals surface area (Å²) in [6.45, 7) is 5.28. The number of aryl methyl sites for hydroxylation is 1. The summed E-state index contributed by atoms with van der Waals surface area (Å²) in [6, 6.07) is 9.26. The molecule has 0 aliphatic heterocycles. The van der Waals surface area contributed by atoms with Crippen LogP contribution in [0.4, 0.5) is 0 Å². The van der Waals surface area contributed by atoms with Crippen LogP contribution in [0.2, 0.25) is 0 Å². The van der Waals surface area contributed by atoms with Crippen molar-refractivity contribution < 1.29 is 9.59 Å². The highest BCUT2D eigenvalue weighted by atomic mass is 16.2. The number of benzene rings is 1. The van der Waals surface area contributed by atoms with Gasteiger partial charge >= 0.3 is 0 Å². The lowest BCUT2D eigenvalue weighted by atomic mass is 10.1. The number of likely N-dealkylation sites (N-methyl/N-ethyl adjacent to an activating group) is 2. The van der Waals surface area contributed by atoms with E-state index in [4.69, 9.17) is 5.26 Å². The van der Waals surface area contributed by atoms with Crippen molar-refractivity contribution in [2.45, 2.75) is 26.7 Å². The summed E-state index contributed by atoms with van der Waals surface area (Å²) in [7, 11) is 1.66. The highest BCUT2D eigenvalue weighted by Crippen LogP contribution is 2.07. The summed E-state index contributed by atoms with van der Waals surface area (Å²) < 4.78 is 0. The molecule has 1 aromatic carbocycles. The average molecular weight is 301 g/mol. The first-order chi connectivity index (χ1) is 10.5.